The lowest BCUT2D eigenvalue weighted by atomic mass is 10.0. The summed E-state index contributed by atoms with van der Waals surface area (Å²) in [7, 11) is 0. The smallest absolute Gasteiger partial charge is 0.273 e. The number of carbonyl (C=O) groups is 1. The summed E-state index contributed by atoms with van der Waals surface area (Å²) in [6.07, 6.45) is 2.92. The minimum atomic E-state index is -0.106. The fourth-order valence-corrected chi connectivity index (χ4v) is 3.95. The van der Waals surface area contributed by atoms with E-state index < -0.39 is 0 Å². The molecular weight excluding hydrogens is 388 g/mol. The fourth-order valence-electron chi connectivity index (χ4n) is 3.95. The van der Waals surface area contributed by atoms with Gasteiger partial charge in [-0.15, -0.1) is 0 Å². The van der Waals surface area contributed by atoms with E-state index in [1.807, 2.05) is 29.2 Å². The third-order valence-corrected chi connectivity index (χ3v) is 5.50. The van der Waals surface area contributed by atoms with Gasteiger partial charge in [0.2, 0.25) is 5.95 Å². The van der Waals surface area contributed by atoms with E-state index in [0.29, 0.717) is 24.3 Å². The van der Waals surface area contributed by atoms with Crippen molar-refractivity contribution in [1.82, 2.24) is 14.9 Å². The summed E-state index contributed by atoms with van der Waals surface area (Å²) >= 11 is 0. The lowest BCUT2D eigenvalue weighted by Gasteiger charge is -2.19. The summed E-state index contributed by atoms with van der Waals surface area (Å²) in [4.78, 5) is 23.9. The minimum absolute atomic E-state index is 0.106. The van der Waals surface area contributed by atoms with Crippen LogP contribution < -0.4 is 5.73 Å². The van der Waals surface area contributed by atoms with Crippen molar-refractivity contribution in [1.29, 1.82) is 0 Å². The molecule has 0 spiro atoms. The lowest BCUT2D eigenvalue weighted by Crippen LogP contribution is -2.27. The predicted octanol–water partition coefficient (Wildman–Crippen LogP) is 4.51. The van der Waals surface area contributed by atoms with Gasteiger partial charge in [-0.2, -0.15) is 0 Å². The molecule has 4 rings (SSSR count). The Morgan fingerprint density at radius 1 is 1.06 bits per heavy atom. The Labute approximate surface area is 183 Å². The van der Waals surface area contributed by atoms with Gasteiger partial charge in [-0.3, -0.25) is 4.79 Å². The number of unbranched alkanes of at least 4 members (excludes halogenated alkanes) is 1. The van der Waals surface area contributed by atoms with Crippen molar-refractivity contribution in [2.45, 2.75) is 58.7 Å². The molecule has 162 valence electrons. The van der Waals surface area contributed by atoms with Gasteiger partial charge in [-0.05, 0) is 68.9 Å². The number of benzene rings is 2. The van der Waals surface area contributed by atoms with Crippen LogP contribution in [0.4, 0.5) is 5.95 Å². The molecule has 6 nitrogen and oxygen atoms in total. The monoisotopic (exact) mass is 418 g/mol. The van der Waals surface area contributed by atoms with Gasteiger partial charge in [-0.25, -0.2) is 9.97 Å². The number of hydrogen-bond donors (Lipinski definition) is 1. The van der Waals surface area contributed by atoms with E-state index >= 15 is 0 Å². The fraction of sp³-hybridized carbons (Fsp3) is 0.400. The molecule has 2 heterocycles. The van der Waals surface area contributed by atoms with Crippen LogP contribution in [0.25, 0.3) is 10.9 Å². The third kappa shape index (κ3) is 5.02. The number of ether oxygens (including phenoxy) is 1. The van der Waals surface area contributed by atoms with Gasteiger partial charge >= 0.3 is 0 Å². The van der Waals surface area contributed by atoms with Crippen molar-refractivity contribution < 1.29 is 9.53 Å². The van der Waals surface area contributed by atoms with Crippen molar-refractivity contribution in [3.05, 3.63) is 64.8 Å². The number of hydrogen-bond acceptors (Lipinski definition) is 5. The second-order valence-electron chi connectivity index (χ2n) is 9.13. The van der Waals surface area contributed by atoms with Gasteiger partial charge in [-0.1, -0.05) is 30.3 Å². The summed E-state index contributed by atoms with van der Waals surface area (Å²) < 4.78 is 5.80. The molecule has 2 N–H and O–H groups in total. The van der Waals surface area contributed by atoms with Gasteiger partial charge in [0.15, 0.2) is 0 Å². The van der Waals surface area contributed by atoms with Crippen LogP contribution in [0.2, 0.25) is 0 Å². The van der Waals surface area contributed by atoms with E-state index in [1.54, 1.807) is 0 Å². The number of aryl methyl sites for hydroxylation is 1. The van der Waals surface area contributed by atoms with E-state index in [2.05, 4.69) is 48.9 Å². The molecule has 1 aliphatic rings. The van der Waals surface area contributed by atoms with Crippen LogP contribution >= 0.6 is 0 Å². The molecule has 31 heavy (non-hydrogen) atoms. The standard InChI is InChI=1S/C25H30N4O2/c1-25(2,3)31-13-7-6-8-17-11-12-21-20(14-17)22(28-24(26)27-21)23(30)29-15-18-9-4-5-10-19(18)16-29/h4-5,9-12,14H,6-8,13,15-16H2,1-3H3,(H2,26,27,28). The number of aromatic nitrogens is 2. The molecule has 0 saturated carbocycles. The first-order chi connectivity index (χ1) is 14.8. The highest BCUT2D eigenvalue weighted by Crippen LogP contribution is 2.27. The van der Waals surface area contributed by atoms with Crippen molar-refractivity contribution in [2.75, 3.05) is 12.3 Å². The lowest BCUT2D eigenvalue weighted by molar-refractivity contribution is -0.00452. The molecule has 0 bridgehead atoms. The van der Waals surface area contributed by atoms with Crippen molar-refractivity contribution in [2.24, 2.45) is 0 Å². The van der Waals surface area contributed by atoms with Crippen LogP contribution in [0, 0.1) is 0 Å². The normalized spacial score (nSPS) is 13.6. The first-order valence-electron chi connectivity index (χ1n) is 10.9. The third-order valence-electron chi connectivity index (χ3n) is 5.50. The quantitative estimate of drug-likeness (QED) is 0.596. The Morgan fingerprint density at radius 2 is 1.77 bits per heavy atom. The number of nitrogens with two attached hydrogens (primary N) is 1. The maximum atomic E-state index is 13.3. The van der Waals surface area contributed by atoms with Crippen LogP contribution in [0.5, 0.6) is 0 Å². The molecule has 1 amide bonds. The largest absolute Gasteiger partial charge is 0.376 e. The molecule has 0 unspecified atom stereocenters. The van der Waals surface area contributed by atoms with Crippen LogP contribution in [0.15, 0.2) is 42.5 Å². The summed E-state index contributed by atoms with van der Waals surface area (Å²) in [5, 5.41) is 0.763. The van der Waals surface area contributed by atoms with E-state index in [1.165, 1.54) is 11.1 Å². The van der Waals surface area contributed by atoms with Gasteiger partial charge in [0.05, 0.1) is 11.1 Å². The van der Waals surface area contributed by atoms with Gasteiger partial charge in [0.1, 0.15) is 5.69 Å². The number of fused-ring (bicyclic) bond motifs is 2. The number of nitrogens with zero attached hydrogens (tertiary/aromatic N) is 3. The molecule has 6 heteroatoms. The van der Waals surface area contributed by atoms with Crippen LogP contribution in [0.3, 0.4) is 0 Å². The van der Waals surface area contributed by atoms with Crippen molar-refractivity contribution >= 4 is 22.8 Å². The van der Waals surface area contributed by atoms with Crippen LogP contribution in [-0.2, 0) is 24.2 Å². The zero-order valence-electron chi connectivity index (χ0n) is 18.5. The highest BCUT2D eigenvalue weighted by Gasteiger charge is 2.26. The first kappa shape index (κ1) is 21.2. The first-order valence-corrected chi connectivity index (χ1v) is 10.9. The second-order valence-corrected chi connectivity index (χ2v) is 9.13. The Morgan fingerprint density at radius 3 is 2.45 bits per heavy atom. The molecular formula is C25H30N4O2. The molecule has 3 aromatic rings. The topological polar surface area (TPSA) is 81.3 Å². The number of nitrogen functional groups attached to an aromatic ring is 1. The zero-order chi connectivity index (χ0) is 22.0. The summed E-state index contributed by atoms with van der Waals surface area (Å²) in [6.45, 7) is 8.14. The molecule has 0 atom stereocenters. The number of carbonyl (C=O) groups excluding carboxylic acids is 1. The summed E-state index contributed by atoms with van der Waals surface area (Å²) in [5.41, 5.74) is 10.4. The van der Waals surface area contributed by atoms with E-state index in [0.717, 1.165) is 36.8 Å². The maximum absolute atomic E-state index is 13.3. The molecule has 0 aliphatic carbocycles. The van der Waals surface area contributed by atoms with Crippen molar-refractivity contribution in [3.63, 3.8) is 0 Å². The van der Waals surface area contributed by atoms with E-state index in [4.69, 9.17) is 10.5 Å². The van der Waals surface area contributed by atoms with Crippen LogP contribution in [0.1, 0.15) is 60.8 Å². The minimum Gasteiger partial charge on any atom is -0.376 e. The Kier molecular flexibility index (Phi) is 5.92. The Balaban J connectivity index is 1.52. The molecule has 0 radical (unpaired) electrons. The van der Waals surface area contributed by atoms with Crippen molar-refractivity contribution in [3.8, 4) is 0 Å². The average Bonchev–Trinajstić information content (AvgIpc) is 3.16. The molecule has 1 aromatic heterocycles. The number of rotatable bonds is 6. The molecule has 2 aromatic carbocycles. The maximum Gasteiger partial charge on any atom is 0.273 e. The average molecular weight is 419 g/mol. The number of anilines is 1. The van der Waals surface area contributed by atoms with Gasteiger partial charge in [0, 0.05) is 25.1 Å². The Bertz CT molecular complexity index is 1080. The highest BCUT2D eigenvalue weighted by atomic mass is 16.5. The zero-order valence-corrected chi connectivity index (χ0v) is 18.5. The summed E-state index contributed by atoms with van der Waals surface area (Å²) in [5.74, 6) is 0.0191. The highest BCUT2D eigenvalue weighted by molar-refractivity contribution is 6.05. The summed E-state index contributed by atoms with van der Waals surface area (Å²) in [6, 6.07) is 14.2. The van der Waals surface area contributed by atoms with E-state index in [9.17, 15) is 4.79 Å². The van der Waals surface area contributed by atoms with Gasteiger partial charge in [0.25, 0.3) is 5.91 Å². The predicted molar refractivity (Wildman–Crippen MR) is 123 cm³/mol. The molecule has 0 saturated heterocycles. The van der Waals surface area contributed by atoms with E-state index in [-0.39, 0.29) is 17.5 Å². The molecule has 1 aliphatic heterocycles. The Hall–Kier alpha value is -2.99. The SMILES string of the molecule is CC(C)(C)OCCCCc1ccc2nc(N)nc(C(=O)N3Cc4ccccc4C3)c2c1. The van der Waals surface area contributed by atoms with Gasteiger partial charge < -0.3 is 15.4 Å². The number of amides is 1. The molecule has 0 fully saturated rings. The van der Waals surface area contributed by atoms with Crippen LogP contribution in [-0.4, -0.2) is 33.0 Å². The second kappa shape index (κ2) is 8.63.